The number of rotatable bonds is 4. The molecule has 0 aliphatic carbocycles. The first kappa shape index (κ1) is 14.7. The highest BCUT2D eigenvalue weighted by Gasteiger charge is 2.06. The molecule has 0 unspecified atom stereocenters. The van der Waals surface area contributed by atoms with Gasteiger partial charge in [-0.15, -0.1) is 0 Å². The summed E-state index contributed by atoms with van der Waals surface area (Å²) < 4.78 is 0. The van der Waals surface area contributed by atoms with Crippen LogP contribution in [0.2, 0.25) is 0 Å². The molecule has 0 spiro atoms. The van der Waals surface area contributed by atoms with Crippen molar-refractivity contribution in [2.75, 3.05) is 11.1 Å². The van der Waals surface area contributed by atoms with E-state index in [-0.39, 0.29) is 0 Å². The van der Waals surface area contributed by atoms with Crippen molar-refractivity contribution in [1.29, 1.82) is 5.41 Å². The van der Waals surface area contributed by atoms with Gasteiger partial charge in [0.2, 0.25) is 0 Å². The van der Waals surface area contributed by atoms with Gasteiger partial charge in [0.15, 0.2) is 0 Å². The van der Waals surface area contributed by atoms with Crippen LogP contribution in [0.25, 0.3) is 11.1 Å². The summed E-state index contributed by atoms with van der Waals surface area (Å²) in [6.07, 6.45) is 3.01. The lowest BCUT2D eigenvalue weighted by Crippen LogP contribution is -1.99. The molecule has 0 saturated carbocycles. The van der Waals surface area contributed by atoms with Crippen molar-refractivity contribution in [3.8, 4) is 11.1 Å². The van der Waals surface area contributed by atoms with Gasteiger partial charge in [-0.1, -0.05) is 18.2 Å². The van der Waals surface area contributed by atoms with Crippen LogP contribution in [0, 0.1) is 12.3 Å². The molecule has 0 bridgehead atoms. The van der Waals surface area contributed by atoms with E-state index in [9.17, 15) is 0 Å². The molecule has 5 heteroatoms. The number of benzene rings is 1. The Morgan fingerprint density at radius 3 is 2.65 bits per heavy atom. The van der Waals surface area contributed by atoms with Gasteiger partial charge in [0.05, 0.1) is 0 Å². The highest BCUT2D eigenvalue weighted by atomic mass is 15.0. The normalized spacial score (nSPS) is 10.3. The van der Waals surface area contributed by atoms with E-state index in [1.54, 1.807) is 6.20 Å². The number of nitrogens with zero attached hydrogens (tertiary/aromatic N) is 2. The van der Waals surface area contributed by atoms with Gasteiger partial charge >= 0.3 is 0 Å². The monoisotopic (exact) mass is 303 g/mol. The average molecular weight is 303 g/mol. The molecular formula is C18H17N5. The summed E-state index contributed by atoms with van der Waals surface area (Å²) in [5.74, 6) is 1.23. The van der Waals surface area contributed by atoms with Crippen LogP contribution >= 0.6 is 0 Å². The number of nitrogens with one attached hydrogen (secondary N) is 2. The highest BCUT2D eigenvalue weighted by molar-refractivity contribution is 5.89. The lowest BCUT2D eigenvalue weighted by Gasteiger charge is -2.12. The minimum absolute atomic E-state index is 0.480. The lowest BCUT2D eigenvalue weighted by atomic mass is 10.0. The second-order valence-electron chi connectivity index (χ2n) is 5.20. The van der Waals surface area contributed by atoms with Gasteiger partial charge in [0.25, 0.3) is 0 Å². The second kappa shape index (κ2) is 6.27. The molecule has 1 aromatic carbocycles. The van der Waals surface area contributed by atoms with Gasteiger partial charge in [0.1, 0.15) is 11.6 Å². The van der Waals surface area contributed by atoms with E-state index >= 15 is 0 Å². The van der Waals surface area contributed by atoms with Crippen LogP contribution in [-0.4, -0.2) is 16.2 Å². The Bertz CT molecular complexity index is 858. The standard InChI is InChI=1S/C18H17N5/c1-12-3-2-4-18(22-12)23-16-9-13(5-6-15(16)11-19)14-7-8-21-17(20)10-14/h2-11,19H,1H3,(H2,20,21)(H,22,23). The first-order valence-corrected chi connectivity index (χ1v) is 7.23. The summed E-state index contributed by atoms with van der Waals surface area (Å²) in [7, 11) is 0. The van der Waals surface area contributed by atoms with Gasteiger partial charge in [-0.25, -0.2) is 9.97 Å². The third-order valence-corrected chi connectivity index (χ3v) is 3.47. The van der Waals surface area contributed by atoms with Crippen LogP contribution in [0.15, 0.2) is 54.7 Å². The lowest BCUT2D eigenvalue weighted by molar-refractivity contribution is 1.20. The third kappa shape index (κ3) is 3.35. The number of aromatic nitrogens is 2. The van der Waals surface area contributed by atoms with Crippen molar-refractivity contribution in [2.24, 2.45) is 0 Å². The van der Waals surface area contributed by atoms with Gasteiger partial charge in [-0.3, -0.25) is 0 Å². The molecule has 114 valence electrons. The van der Waals surface area contributed by atoms with E-state index in [1.165, 1.54) is 6.21 Å². The van der Waals surface area contributed by atoms with Crippen molar-refractivity contribution < 1.29 is 0 Å². The third-order valence-electron chi connectivity index (χ3n) is 3.47. The number of nitrogens with two attached hydrogens (primary N) is 1. The number of hydrogen-bond acceptors (Lipinski definition) is 5. The first-order chi connectivity index (χ1) is 11.2. The molecule has 0 radical (unpaired) electrons. The number of nitrogen functional groups attached to an aromatic ring is 1. The molecule has 23 heavy (non-hydrogen) atoms. The first-order valence-electron chi connectivity index (χ1n) is 7.23. The summed E-state index contributed by atoms with van der Waals surface area (Å²) in [6.45, 7) is 1.94. The Balaban J connectivity index is 2.01. The number of anilines is 3. The molecular weight excluding hydrogens is 286 g/mol. The smallest absolute Gasteiger partial charge is 0.130 e. The second-order valence-corrected chi connectivity index (χ2v) is 5.20. The molecule has 2 heterocycles. The van der Waals surface area contributed by atoms with Crippen LogP contribution in [-0.2, 0) is 0 Å². The van der Waals surface area contributed by atoms with Crippen molar-refractivity contribution in [3.05, 3.63) is 66.0 Å². The van der Waals surface area contributed by atoms with E-state index in [0.717, 1.165) is 33.9 Å². The Labute approximate surface area is 134 Å². The fourth-order valence-electron chi connectivity index (χ4n) is 2.35. The highest BCUT2D eigenvalue weighted by Crippen LogP contribution is 2.27. The van der Waals surface area contributed by atoms with Gasteiger partial charge in [-0.05, 0) is 48.4 Å². The number of pyridine rings is 2. The van der Waals surface area contributed by atoms with E-state index in [2.05, 4.69) is 15.3 Å². The maximum Gasteiger partial charge on any atom is 0.130 e. The molecule has 2 aromatic heterocycles. The predicted molar refractivity (Wildman–Crippen MR) is 94.2 cm³/mol. The minimum atomic E-state index is 0.480. The number of aryl methyl sites for hydroxylation is 1. The molecule has 0 aliphatic rings. The summed E-state index contributed by atoms with van der Waals surface area (Å²) in [5.41, 5.74) is 10.3. The molecule has 0 saturated heterocycles. The zero-order valence-corrected chi connectivity index (χ0v) is 12.7. The molecule has 4 N–H and O–H groups in total. The average Bonchev–Trinajstić information content (AvgIpc) is 2.55. The zero-order valence-electron chi connectivity index (χ0n) is 12.7. The maximum atomic E-state index is 7.59. The van der Waals surface area contributed by atoms with Gasteiger partial charge < -0.3 is 16.5 Å². The van der Waals surface area contributed by atoms with Crippen molar-refractivity contribution >= 4 is 23.5 Å². The van der Waals surface area contributed by atoms with Gasteiger partial charge in [-0.2, -0.15) is 0 Å². The van der Waals surface area contributed by atoms with Crippen molar-refractivity contribution in [1.82, 2.24) is 9.97 Å². The molecule has 0 amide bonds. The quantitative estimate of drug-likeness (QED) is 0.640. The van der Waals surface area contributed by atoms with E-state index in [0.29, 0.717) is 5.82 Å². The zero-order chi connectivity index (χ0) is 16.2. The molecule has 0 aliphatic heterocycles. The SMILES string of the molecule is Cc1cccc(Nc2cc(-c3ccnc(N)c3)ccc2C=N)n1. The predicted octanol–water partition coefficient (Wildman–Crippen LogP) is 3.78. The minimum Gasteiger partial charge on any atom is -0.384 e. The molecule has 5 nitrogen and oxygen atoms in total. The molecule has 3 rings (SSSR count). The molecule has 0 atom stereocenters. The van der Waals surface area contributed by atoms with Crippen LogP contribution in [0.1, 0.15) is 11.3 Å². The summed E-state index contributed by atoms with van der Waals surface area (Å²) in [6, 6.07) is 15.4. The van der Waals surface area contributed by atoms with Gasteiger partial charge in [0, 0.05) is 29.4 Å². The Hall–Kier alpha value is -3.21. The maximum absolute atomic E-state index is 7.59. The fraction of sp³-hybridized carbons (Fsp3) is 0.0556. The summed E-state index contributed by atoms with van der Waals surface area (Å²) in [4.78, 5) is 8.46. The fourth-order valence-corrected chi connectivity index (χ4v) is 2.35. The van der Waals surface area contributed by atoms with E-state index in [1.807, 2.05) is 55.5 Å². The van der Waals surface area contributed by atoms with E-state index < -0.39 is 0 Å². The van der Waals surface area contributed by atoms with Crippen molar-refractivity contribution in [3.63, 3.8) is 0 Å². The summed E-state index contributed by atoms with van der Waals surface area (Å²) >= 11 is 0. The molecule has 3 aromatic rings. The number of hydrogen-bond donors (Lipinski definition) is 3. The van der Waals surface area contributed by atoms with E-state index in [4.69, 9.17) is 11.1 Å². The van der Waals surface area contributed by atoms with Crippen LogP contribution in [0.4, 0.5) is 17.3 Å². The largest absolute Gasteiger partial charge is 0.384 e. The Kier molecular flexibility index (Phi) is 4.01. The van der Waals surface area contributed by atoms with Crippen LogP contribution in [0.5, 0.6) is 0 Å². The summed E-state index contributed by atoms with van der Waals surface area (Å²) in [5, 5.41) is 10.9. The van der Waals surface area contributed by atoms with Crippen LogP contribution in [0.3, 0.4) is 0 Å². The Morgan fingerprint density at radius 2 is 1.91 bits per heavy atom. The molecule has 0 fully saturated rings. The van der Waals surface area contributed by atoms with Crippen LogP contribution < -0.4 is 11.1 Å². The topological polar surface area (TPSA) is 87.7 Å². The van der Waals surface area contributed by atoms with Crippen molar-refractivity contribution in [2.45, 2.75) is 6.92 Å². The Morgan fingerprint density at radius 1 is 1.09 bits per heavy atom.